The van der Waals surface area contributed by atoms with Crippen LogP contribution in [0.4, 0.5) is 0 Å². The van der Waals surface area contributed by atoms with Gasteiger partial charge >= 0.3 is 0 Å². The van der Waals surface area contributed by atoms with Crippen molar-refractivity contribution in [1.82, 2.24) is 5.32 Å². The standard InChI is InChI=1S/C12H15NO2/c1-8-11(7-13-12(8)14)9-3-5-10(15-2)6-4-9/h3-6,8,11H,7H2,1-2H3,(H,13,14). The van der Waals surface area contributed by atoms with Crippen LogP contribution in [0.5, 0.6) is 5.75 Å². The molecule has 1 N–H and O–H groups in total. The lowest BCUT2D eigenvalue weighted by molar-refractivity contribution is -0.122. The van der Waals surface area contributed by atoms with E-state index in [1.54, 1.807) is 7.11 Å². The SMILES string of the molecule is COc1ccc(C2CNC(=O)C2C)cc1. The van der Waals surface area contributed by atoms with E-state index in [9.17, 15) is 4.79 Å². The predicted molar refractivity (Wildman–Crippen MR) is 57.9 cm³/mol. The summed E-state index contributed by atoms with van der Waals surface area (Å²) in [6.45, 7) is 2.71. The molecule has 2 atom stereocenters. The van der Waals surface area contributed by atoms with Crippen LogP contribution in [-0.2, 0) is 4.79 Å². The van der Waals surface area contributed by atoms with Crippen molar-refractivity contribution in [3.8, 4) is 5.75 Å². The van der Waals surface area contributed by atoms with Gasteiger partial charge in [-0.25, -0.2) is 0 Å². The normalized spacial score (nSPS) is 25.1. The average Bonchev–Trinajstić information content (AvgIpc) is 2.60. The lowest BCUT2D eigenvalue weighted by Gasteiger charge is -2.13. The smallest absolute Gasteiger partial charge is 0.223 e. The van der Waals surface area contributed by atoms with E-state index in [1.165, 1.54) is 5.56 Å². The number of ether oxygens (including phenoxy) is 1. The van der Waals surface area contributed by atoms with Crippen LogP contribution in [0.1, 0.15) is 18.4 Å². The number of benzene rings is 1. The molecule has 0 aromatic heterocycles. The fourth-order valence-electron chi connectivity index (χ4n) is 1.99. The Labute approximate surface area is 89.4 Å². The zero-order valence-corrected chi connectivity index (χ0v) is 8.99. The van der Waals surface area contributed by atoms with Crippen LogP contribution < -0.4 is 10.1 Å². The number of carbonyl (C=O) groups is 1. The Morgan fingerprint density at radius 1 is 1.33 bits per heavy atom. The van der Waals surface area contributed by atoms with Gasteiger partial charge in [-0.2, -0.15) is 0 Å². The van der Waals surface area contributed by atoms with E-state index < -0.39 is 0 Å². The third kappa shape index (κ3) is 1.82. The third-order valence-corrected chi connectivity index (χ3v) is 3.06. The van der Waals surface area contributed by atoms with E-state index in [1.807, 2.05) is 31.2 Å². The van der Waals surface area contributed by atoms with Crippen molar-refractivity contribution in [2.75, 3.05) is 13.7 Å². The molecule has 2 unspecified atom stereocenters. The molecule has 0 aliphatic carbocycles. The van der Waals surface area contributed by atoms with Crippen molar-refractivity contribution in [1.29, 1.82) is 0 Å². The Hall–Kier alpha value is -1.51. The Morgan fingerprint density at radius 3 is 2.47 bits per heavy atom. The molecular formula is C12H15NO2. The molecule has 1 saturated heterocycles. The second-order valence-electron chi connectivity index (χ2n) is 3.91. The Kier molecular flexibility index (Phi) is 2.62. The summed E-state index contributed by atoms with van der Waals surface area (Å²) in [6.07, 6.45) is 0. The summed E-state index contributed by atoms with van der Waals surface area (Å²) in [7, 11) is 1.65. The number of amides is 1. The van der Waals surface area contributed by atoms with Crippen molar-refractivity contribution in [2.45, 2.75) is 12.8 Å². The summed E-state index contributed by atoms with van der Waals surface area (Å²) < 4.78 is 5.10. The summed E-state index contributed by atoms with van der Waals surface area (Å²) in [6, 6.07) is 7.93. The van der Waals surface area contributed by atoms with Crippen LogP contribution in [0, 0.1) is 5.92 Å². The first kappa shape index (κ1) is 10.0. The molecule has 0 radical (unpaired) electrons. The van der Waals surface area contributed by atoms with Crippen LogP contribution in [0.3, 0.4) is 0 Å². The highest BCUT2D eigenvalue weighted by Crippen LogP contribution is 2.29. The molecule has 3 heteroatoms. The van der Waals surface area contributed by atoms with Crippen LogP contribution in [-0.4, -0.2) is 19.6 Å². The lowest BCUT2D eigenvalue weighted by atomic mass is 9.90. The minimum Gasteiger partial charge on any atom is -0.497 e. The van der Waals surface area contributed by atoms with Gasteiger partial charge in [0.05, 0.1) is 7.11 Å². The quantitative estimate of drug-likeness (QED) is 0.795. The van der Waals surface area contributed by atoms with E-state index in [-0.39, 0.29) is 11.8 Å². The summed E-state index contributed by atoms with van der Waals surface area (Å²) in [5.74, 6) is 1.36. The predicted octanol–water partition coefficient (Wildman–Crippen LogP) is 1.54. The van der Waals surface area contributed by atoms with Gasteiger partial charge in [-0.3, -0.25) is 4.79 Å². The minimum atomic E-state index is 0.0680. The maximum atomic E-state index is 11.3. The first-order chi connectivity index (χ1) is 7.22. The fourth-order valence-corrected chi connectivity index (χ4v) is 1.99. The molecule has 3 nitrogen and oxygen atoms in total. The van der Waals surface area contributed by atoms with E-state index in [0.29, 0.717) is 5.92 Å². The number of rotatable bonds is 2. The first-order valence-electron chi connectivity index (χ1n) is 5.14. The molecule has 1 aliphatic rings. The molecule has 1 aromatic rings. The topological polar surface area (TPSA) is 38.3 Å². The van der Waals surface area contributed by atoms with Gasteiger partial charge < -0.3 is 10.1 Å². The summed E-state index contributed by atoms with van der Waals surface area (Å²) in [5.41, 5.74) is 1.20. The van der Waals surface area contributed by atoms with Gasteiger partial charge in [0.1, 0.15) is 5.75 Å². The van der Waals surface area contributed by atoms with Gasteiger partial charge in [0.2, 0.25) is 5.91 Å². The number of carbonyl (C=O) groups excluding carboxylic acids is 1. The van der Waals surface area contributed by atoms with Gasteiger partial charge in [-0.15, -0.1) is 0 Å². The highest BCUT2D eigenvalue weighted by Gasteiger charge is 2.31. The van der Waals surface area contributed by atoms with Gasteiger partial charge in [-0.05, 0) is 17.7 Å². The van der Waals surface area contributed by atoms with Gasteiger partial charge in [0.25, 0.3) is 0 Å². The highest BCUT2D eigenvalue weighted by molar-refractivity contribution is 5.81. The van der Waals surface area contributed by atoms with Crippen LogP contribution in [0.25, 0.3) is 0 Å². The Balaban J connectivity index is 2.19. The molecule has 1 aliphatic heterocycles. The second-order valence-corrected chi connectivity index (χ2v) is 3.91. The van der Waals surface area contributed by atoms with Crippen LogP contribution in [0.2, 0.25) is 0 Å². The van der Waals surface area contributed by atoms with Crippen molar-refractivity contribution in [3.63, 3.8) is 0 Å². The average molecular weight is 205 g/mol. The van der Waals surface area contributed by atoms with Gasteiger partial charge in [0, 0.05) is 18.4 Å². The molecule has 0 bridgehead atoms. The molecular weight excluding hydrogens is 190 g/mol. The monoisotopic (exact) mass is 205 g/mol. The number of hydrogen-bond donors (Lipinski definition) is 1. The molecule has 80 valence electrons. The zero-order chi connectivity index (χ0) is 10.8. The highest BCUT2D eigenvalue weighted by atomic mass is 16.5. The number of hydrogen-bond acceptors (Lipinski definition) is 2. The van der Waals surface area contributed by atoms with E-state index in [2.05, 4.69) is 5.32 Å². The second kappa shape index (κ2) is 3.93. The minimum absolute atomic E-state index is 0.0680. The molecule has 1 fully saturated rings. The van der Waals surface area contributed by atoms with Crippen LogP contribution in [0.15, 0.2) is 24.3 Å². The van der Waals surface area contributed by atoms with Gasteiger partial charge in [0.15, 0.2) is 0 Å². The van der Waals surface area contributed by atoms with Crippen molar-refractivity contribution in [2.24, 2.45) is 5.92 Å². The summed E-state index contributed by atoms with van der Waals surface area (Å²) in [5, 5.41) is 2.88. The zero-order valence-electron chi connectivity index (χ0n) is 8.99. The maximum Gasteiger partial charge on any atom is 0.223 e. The lowest BCUT2D eigenvalue weighted by Crippen LogP contribution is -2.16. The van der Waals surface area contributed by atoms with Crippen molar-refractivity contribution < 1.29 is 9.53 Å². The third-order valence-electron chi connectivity index (χ3n) is 3.06. The van der Waals surface area contributed by atoms with Crippen LogP contribution >= 0.6 is 0 Å². The number of nitrogens with one attached hydrogen (secondary N) is 1. The number of methoxy groups -OCH3 is 1. The molecule has 1 aromatic carbocycles. The maximum absolute atomic E-state index is 11.3. The largest absolute Gasteiger partial charge is 0.497 e. The summed E-state index contributed by atoms with van der Waals surface area (Å²) in [4.78, 5) is 11.3. The fraction of sp³-hybridized carbons (Fsp3) is 0.417. The van der Waals surface area contributed by atoms with E-state index in [4.69, 9.17) is 4.74 Å². The molecule has 2 rings (SSSR count). The summed E-state index contributed by atoms with van der Waals surface area (Å²) >= 11 is 0. The van der Waals surface area contributed by atoms with Crippen molar-refractivity contribution in [3.05, 3.63) is 29.8 Å². The first-order valence-corrected chi connectivity index (χ1v) is 5.14. The molecule has 1 heterocycles. The molecule has 0 spiro atoms. The van der Waals surface area contributed by atoms with E-state index in [0.717, 1.165) is 12.3 Å². The Bertz CT molecular complexity index is 358. The molecule has 15 heavy (non-hydrogen) atoms. The molecule has 0 saturated carbocycles. The Morgan fingerprint density at radius 2 is 2.00 bits per heavy atom. The van der Waals surface area contributed by atoms with Gasteiger partial charge in [-0.1, -0.05) is 19.1 Å². The molecule has 1 amide bonds. The van der Waals surface area contributed by atoms with E-state index >= 15 is 0 Å². The van der Waals surface area contributed by atoms with Crippen molar-refractivity contribution >= 4 is 5.91 Å².